The largest absolute Gasteiger partial charge is 0.309 e. The van der Waals surface area contributed by atoms with E-state index in [1.165, 1.54) is 6.07 Å². The zero-order chi connectivity index (χ0) is 19.1. The molecule has 2 unspecified atom stereocenters. The molecule has 7 heteroatoms. The zero-order valence-electron chi connectivity index (χ0n) is 15.1. The summed E-state index contributed by atoms with van der Waals surface area (Å²) in [6.07, 6.45) is 2.76. The number of carbonyl (C=O) groups is 1. The van der Waals surface area contributed by atoms with E-state index >= 15 is 0 Å². The number of halogens is 2. The number of amides is 1. The van der Waals surface area contributed by atoms with Crippen LogP contribution in [0.2, 0.25) is 0 Å². The number of fused-ring (bicyclic) bond motifs is 1. The van der Waals surface area contributed by atoms with Crippen LogP contribution in [0, 0.1) is 11.7 Å². The topological polar surface area (TPSA) is 49.6 Å². The van der Waals surface area contributed by atoms with Crippen molar-refractivity contribution >= 4 is 17.4 Å². The summed E-state index contributed by atoms with van der Waals surface area (Å²) >= 11 is 0. The lowest BCUT2D eigenvalue weighted by atomic mass is 10.0. The number of rotatable bonds is 5. The van der Waals surface area contributed by atoms with Crippen molar-refractivity contribution in [2.24, 2.45) is 5.92 Å². The third kappa shape index (κ3) is 3.55. The van der Waals surface area contributed by atoms with Gasteiger partial charge in [0.1, 0.15) is 17.6 Å². The molecule has 1 N–H and O–H groups in total. The fourth-order valence-corrected chi connectivity index (χ4v) is 3.17. The zero-order valence-corrected chi connectivity index (χ0v) is 15.1. The minimum Gasteiger partial charge on any atom is -0.309 e. The number of benzene rings is 1. The Morgan fingerprint density at radius 3 is 2.78 bits per heavy atom. The van der Waals surface area contributed by atoms with Crippen LogP contribution in [0.1, 0.15) is 12.0 Å². The Bertz CT molecular complexity index is 1010. The minimum absolute atomic E-state index is 0.245. The van der Waals surface area contributed by atoms with Crippen molar-refractivity contribution < 1.29 is 13.6 Å². The number of pyridine rings is 1. The van der Waals surface area contributed by atoms with Gasteiger partial charge in [0.05, 0.1) is 12.1 Å². The minimum atomic E-state index is -1.04. The van der Waals surface area contributed by atoms with E-state index in [4.69, 9.17) is 0 Å². The van der Waals surface area contributed by atoms with E-state index in [9.17, 15) is 13.6 Å². The smallest absolute Gasteiger partial charge is 0.231 e. The Kier molecular flexibility index (Phi) is 4.39. The lowest BCUT2D eigenvalue weighted by Gasteiger charge is -2.15. The predicted octanol–water partition coefficient (Wildman–Crippen LogP) is 3.50. The van der Waals surface area contributed by atoms with Crippen LogP contribution in [0.4, 0.5) is 14.6 Å². The van der Waals surface area contributed by atoms with Crippen LogP contribution >= 0.6 is 0 Å². The van der Waals surface area contributed by atoms with Crippen LogP contribution in [0.25, 0.3) is 16.8 Å². The molecule has 1 aromatic carbocycles. The van der Waals surface area contributed by atoms with Crippen LogP contribution in [0.3, 0.4) is 0 Å². The molecule has 5 nitrogen and oxygen atoms in total. The van der Waals surface area contributed by atoms with E-state index in [-0.39, 0.29) is 18.1 Å². The average Bonchev–Trinajstić information content (AvgIpc) is 3.21. The van der Waals surface area contributed by atoms with Crippen LogP contribution < -0.4 is 5.32 Å². The number of nitrogens with one attached hydrogen (secondary N) is 1. The molecule has 0 spiro atoms. The lowest BCUT2D eigenvalue weighted by Crippen LogP contribution is -2.15. The number of nitrogens with zero attached hydrogens (tertiary/aromatic N) is 3. The summed E-state index contributed by atoms with van der Waals surface area (Å²) in [7, 11) is 3.79. The van der Waals surface area contributed by atoms with Crippen molar-refractivity contribution in [2.45, 2.75) is 19.1 Å². The summed E-state index contributed by atoms with van der Waals surface area (Å²) in [5, 5.41) is 2.65. The van der Waals surface area contributed by atoms with Crippen molar-refractivity contribution in [3.8, 4) is 11.1 Å². The van der Waals surface area contributed by atoms with E-state index < -0.39 is 12.1 Å². The number of hydrogen-bond donors (Lipinski definition) is 1. The molecule has 140 valence electrons. The van der Waals surface area contributed by atoms with Gasteiger partial charge in [0.25, 0.3) is 0 Å². The maximum atomic E-state index is 14.3. The van der Waals surface area contributed by atoms with E-state index in [2.05, 4.69) is 10.3 Å². The van der Waals surface area contributed by atoms with Gasteiger partial charge in [-0.2, -0.15) is 0 Å². The Hall–Kier alpha value is -2.80. The molecule has 1 aliphatic carbocycles. The van der Waals surface area contributed by atoms with Gasteiger partial charge in [-0.15, -0.1) is 0 Å². The summed E-state index contributed by atoms with van der Waals surface area (Å²) in [6.45, 7) is 0.483. The van der Waals surface area contributed by atoms with Crippen LogP contribution in [0.5, 0.6) is 0 Å². The van der Waals surface area contributed by atoms with Gasteiger partial charge >= 0.3 is 0 Å². The molecular formula is C20H20F2N4O. The maximum Gasteiger partial charge on any atom is 0.231 e. The number of imidazole rings is 1. The standard InChI is InChI=1S/C20H20F2N4O/c1-25(2)10-15-13(4-3-5-16(15)21)12-6-7-19-23-18(11-26(19)9-12)24-20(27)14-8-17(14)22/h3-7,9,11,14,17H,8,10H2,1-2H3,(H,24,27). The van der Waals surface area contributed by atoms with E-state index in [1.54, 1.807) is 16.7 Å². The summed E-state index contributed by atoms with van der Waals surface area (Å²) in [6, 6.07) is 8.72. The molecule has 0 radical (unpaired) electrons. The second kappa shape index (κ2) is 6.74. The molecule has 2 heterocycles. The fraction of sp³-hybridized carbons (Fsp3) is 0.300. The van der Waals surface area contributed by atoms with Crippen molar-refractivity contribution in [1.82, 2.24) is 14.3 Å². The first-order chi connectivity index (χ1) is 12.9. The van der Waals surface area contributed by atoms with Gasteiger partial charge in [0.15, 0.2) is 5.82 Å². The maximum absolute atomic E-state index is 14.3. The first-order valence-electron chi connectivity index (χ1n) is 8.78. The van der Waals surface area contributed by atoms with E-state index in [0.717, 1.165) is 11.1 Å². The monoisotopic (exact) mass is 370 g/mol. The van der Waals surface area contributed by atoms with E-state index in [1.807, 2.05) is 43.4 Å². The van der Waals surface area contributed by atoms with Gasteiger partial charge < -0.3 is 14.6 Å². The molecular weight excluding hydrogens is 350 g/mol. The highest BCUT2D eigenvalue weighted by atomic mass is 19.1. The molecule has 0 saturated heterocycles. The molecule has 1 aliphatic rings. The highest BCUT2D eigenvalue weighted by Gasteiger charge is 2.43. The molecule has 2 aromatic heterocycles. The van der Waals surface area contributed by atoms with Gasteiger partial charge in [-0.3, -0.25) is 4.79 Å². The highest BCUT2D eigenvalue weighted by molar-refractivity contribution is 5.94. The fourth-order valence-electron chi connectivity index (χ4n) is 3.17. The van der Waals surface area contributed by atoms with Crippen molar-refractivity contribution in [3.63, 3.8) is 0 Å². The molecule has 1 saturated carbocycles. The predicted molar refractivity (Wildman–Crippen MR) is 99.6 cm³/mol. The van der Waals surface area contributed by atoms with Crippen molar-refractivity contribution in [2.75, 3.05) is 19.4 Å². The summed E-state index contributed by atoms with van der Waals surface area (Å²) in [5.41, 5.74) is 2.92. The SMILES string of the molecule is CN(C)Cc1c(F)cccc1-c1ccc2nc(NC(=O)C3CC3F)cn2c1. The number of anilines is 1. The molecule has 0 bridgehead atoms. The molecule has 1 fully saturated rings. The molecule has 2 atom stereocenters. The third-order valence-corrected chi connectivity index (χ3v) is 4.66. The van der Waals surface area contributed by atoms with Crippen LogP contribution in [0.15, 0.2) is 42.7 Å². The number of hydrogen-bond acceptors (Lipinski definition) is 3. The Morgan fingerprint density at radius 2 is 2.07 bits per heavy atom. The first-order valence-corrected chi connectivity index (χ1v) is 8.78. The number of alkyl halides is 1. The highest BCUT2D eigenvalue weighted by Crippen LogP contribution is 2.34. The number of aromatic nitrogens is 2. The van der Waals surface area contributed by atoms with Gasteiger partial charge in [-0.05, 0) is 49.8 Å². The van der Waals surface area contributed by atoms with Crippen molar-refractivity contribution in [3.05, 3.63) is 54.1 Å². The Balaban J connectivity index is 1.66. The Morgan fingerprint density at radius 1 is 1.30 bits per heavy atom. The third-order valence-electron chi connectivity index (χ3n) is 4.66. The van der Waals surface area contributed by atoms with Crippen LogP contribution in [-0.4, -0.2) is 40.5 Å². The lowest BCUT2D eigenvalue weighted by molar-refractivity contribution is -0.117. The number of carbonyl (C=O) groups excluding carboxylic acids is 1. The normalized spacial score (nSPS) is 18.9. The summed E-state index contributed by atoms with van der Waals surface area (Å²) in [4.78, 5) is 18.1. The second-order valence-electron chi connectivity index (χ2n) is 7.16. The summed E-state index contributed by atoms with van der Waals surface area (Å²) in [5.74, 6) is -0.773. The molecule has 4 rings (SSSR count). The second-order valence-corrected chi connectivity index (χ2v) is 7.16. The summed E-state index contributed by atoms with van der Waals surface area (Å²) < 4.78 is 29.1. The van der Waals surface area contributed by atoms with Crippen molar-refractivity contribution in [1.29, 1.82) is 0 Å². The van der Waals surface area contributed by atoms with Gasteiger partial charge in [0.2, 0.25) is 5.91 Å². The van der Waals surface area contributed by atoms with Gasteiger partial charge in [0, 0.05) is 18.3 Å². The van der Waals surface area contributed by atoms with Crippen LogP contribution in [-0.2, 0) is 11.3 Å². The molecule has 3 aromatic rings. The molecule has 27 heavy (non-hydrogen) atoms. The van der Waals surface area contributed by atoms with Gasteiger partial charge in [-0.1, -0.05) is 12.1 Å². The molecule has 0 aliphatic heterocycles. The molecule has 1 amide bonds. The quantitative estimate of drug-likeness (QED) is 0.748. The average molecular weight is 370 g/mol. The Labute approximate surface area is 155 Å². The first kappa shape index (κ1) is 17.6. The van der Waals surface area contributed by atoms with Gasteiger partial charge in [-0.25, -0.2) is 13.8 Å². The van der Waals surface area contributed by atoms with E-state index in [0.29, 0.717) is 23.6 Å².